The van der Waals surface area contributed by atoms with Gasteiger partial charge in [0.1, 0.15) is 6.61 Å². The quantitative estimate of drug-likeness (QED) is 0.266. The molecule has 218 valence electrons. The Morgan fingerprint density at radius 2 is 1.60 bits per heavy atom. The molecule has 2 rings (SSSR count). The van der Waals surface area contributed by atoms with Crippen LogP contribution < -0.4 is 16.0 Å². The lowest BCUT2D eigenvalue weighted by atomic mass is 9.91. The fourth-order valence-corrected chi connectivity index (χ4v) is 3.97. The first-order chi connectivity index (χ1) is 18.8. The lowest BCUT2D eigenvalue weighted by Gasteiger charge is -2.41. The van der Waals surface area contributed by atoms with Gasteiger partial charge in [-0.3, -0.25) is 19.2 Å². The van der Waals surface area contributed by atoms with Crippen LogP contribution in [0.3, 0.4) is 0 Å². The molecule has 0 radical (unpaired) electrons. The Balaban J connectivity index is 2.56. The van der Waals surface area contributed by atoms with Crippen molar-refractivity contribution in [2.45, 2.75) is 58.1 Å². The molecule has 1 aliphatic heterocycles. The third kappa shape index (κ3) is 9.45. The summed E-state index contributed by atoms with van der Waals surface area (Å²) in [6.07, 6.45) is -3.28. The molecule has 3 N–H and O–H groups in total. The number of urea groups is 1. The van der Waals surface area contributed by atoms with Crippen molar-refractivity contribution >= 4 is 53.1 Å². The third-order valence-corrected chi connectivity index (χ3v) is 5.60. The minimum atomic E-state index is -1.55. The predicted molar refractivity (Wildman–Crippen MR) is 138 cm³/mol. The number of rotatable bonds is 10. The SMILES string of the molecule is COC(=O)C1=C[C@H](NC(=O)Nc2ccccc2Cl)[C@@H](NC(C)=O)[C@H]([C@H](OC(C)=O)[C@@H](COC(C)=O)OC(C)=O)O1. The number of hydrogen-bond donors (Lipinski definition) is 3. The van der Waals surface area contributed by atoms with Crippen molar-refractivity contribution in [3.8, 4) is 0 Å². The summed E-state index contributed by atoms with van der Waals surface area (Å²) >= 11 is 6.12. The summed E-state index contributed by atoms with van der Waals surface area (Å²) in [5, 5.41) is 8.00. The molecule has 1 aliphatic rings. The number of ether oxygens (including phenoxy) is 5. The van der Waals surface area contributed by atoms with Crippen LogP contribution in [-0.4, -0.2) is 79.9 Å². The van der Waals surface area contributed by atoms with Gasteiger partial charge in [-0.05, 0) is 18.2 Å². The van der Waals surface area contributed by atoms with Crippen LogP contribution in [0.5, 0.6) is 0 Å². The summed E-state index contributed by atoms with van der Waals surface area (Å²) in [4.78, 5) is 73.1. The molecule has 0 fully saturated rings. The molecule has 14 nitrogen and oxygen atoms in total. The van der Waals surface area contributed by atoms with E-state index in [0.717, 1.165) is 27.9 Å². The Kier molecular flexibility index (Phi) is 11.7. The Bertz CT molecular complexity index is 1170. The molecule has 0 unspecified atom stereocenters. The van der Waals surface area contributed by atoms with Gasteiger partial charge < -0.3 is 39.6 Å². The van der Waals surface area contributed by atoms with Crippen LogP contribution in [0.15, 0.2) is 36.1 Å². The number of carbonyl (C=O) groups is 6. The van der Waals surface area contributed by atoms with Gasteiger partial charge in [0.05, 0.1) is 29.9 Å². The number of benzene rings is 1. The van der Waals surface area contributed by atoms with Crippen LogP contribution in [0.1, 0.15) is 27.7 Å². The van der Waals surface area contributed by atoms with Gasteiger partial charge in [0.25, 0.3) is 0 Å². The van der Waals surface area contributed by atoms with Crippen molar-refractivity contribution in [2.75, 3.05) is 19.0 Å². The van der Waals surface area contributed by atoms with Gasteiger partial charge in [-0.1, -0.05) is 23.7 Å². The topological polar surface area (TPSA) is 185 Å². The molecule has 0 spiro atoms. The lowest BCUT2D eigenvalue weighted by Crippen LogP contribution is -2.64. The number of amides is 3. The van der Waals surface area contributed by atoms with Crippen LogP contribution in [0.2, 0.25) is 5.02 Å². The van der Waals surface area contributed by atoms with E-state index < -0.39 is 78.6 Å². The van der Waals surface area contributed by atoms with Crippen molar-refractivity contribution in [1.29, 1.82) is 0 Å². The monoisotopic (exact) mass is 583 g/mol. The average Bonchev–Trinajstić information content (AvgIpc) is 2.86. The zero-order valence-electron chi connectivity index (χ0n) is 22.3. The van der Waals surface area contributed by atoms with E-state index in [2.05, 4.69) is 16.0 Å². The van der Waals surface area contributed by atoms with Gasteiger partial charge >= 0.3 is 29.9 Å². The summed E-state index contributed by atoms with van der Waals surface area (Å²) in [5.74, 6) is -4.37. The molecule has 0 aromatic heterocycles. The zero-order valence-corrected chi connectivity index (χ0v) is 23.1. The van der Waals surface area contributed by atoms with Gasteiger partial charge in [-0.2, -0.15) is 0 Å². The third-order valence-electron chi connectivity index (χ3n) is 5.27. The molecule has 5 atom stereocenters. The number of esters is 4. The van der Waals surface area contributed by atoms with Gasteiger partial charge in [-0.25, -0.2) is 9.59 Å². The first-order valence-corrected chi connectivity index (χ1v) is 12.2. The normalized spacial score (nSPS) is 19.4. The maximum atomic E-state index is 12.9. The van der Waals surface area contributed by atoms with Gasteiger partial charge in [0.15, 0.2) is 18.3 Å². The number of halogens is 1. The highest BCUT2D eigenvalue weighted by Crippen LogP contribution is 2.27. The zero-order chi connectivity index (χ0) is 30.0. The largest absolute Gasteiger partial charge is 0.477 e. The van der Waals surface area contributed by atoms with Gasteiger partial charge in [0, 0.05) is 27.7 Å². The predicted octanol–water partition coefficient (Wildman–Crippen LogP) is 1.22. The van der Waals surface area contributed by atoms with Crippen LogP contribution >= 0.6 is 11.6 Å². The van der Waals surface area contributed by atoms with E-state index in [1.54, 1.807) is 24.3 Å². The molecule has 0 saturated heterocycles. The van der Waals surface area contributed by atoms with Crippen molar-refractivity contribution in [3.05, 3.63) is 41.1 Å². The van der Waals surface area contributed by atoms with E-state index in [4.69, 9.17) is 35.3 Å². The summed E-state index contributed by atoms with van der Waals surface area (Å²) in [7, 11) is 1.08. The second-order valence-corrected chi connectivity index (χ2v) is 8.87. The second-order valence-electron chi connectivity index (χ2n) is 8.46. The Hall–Kier alpha value is -4.33. The number of para-hydroxylation sites is 1. The van der Waals surface area contributed by atoms with Crippen molar-refractivity contribution in [1.82, 2.24) is 10.6 Å². The molecule has 0 aliphatic carbocycles. The van der Waals surface area contributed by atoms with Crippen molar-refractivity contribution < 1.29 is 52.5 Å². The second kappa shape index (κ2) is 14.7. The molecule has 0 saturated carbocycles. The smallest absolute Gasteiger partial charge is 0.373 e. The molecule has 3 amide bonds. The number of methoxy groups -OCH3 is 1. The number of nitrogens with one attached hydrogen (secondary N) is 3. The molecular weight excluding hydrogens is 554 g/mol. The van der Waals surface area contributed by atoms with Crippen LogP contribution in [0, 0.1) is 0 Å². The summed E-state index contributed by atoms with van der Waals surface area (Å²) in [5.41, 5.74) is 0.271. The molecule has 1 aromatic carbocycles. The minimum Gasteiger partial charge on any atom is -0.477 e. The molecule has 1 heterocycles. The van der Waals surface area contributed by atoms with E-state index in [-0.39, 0.29) is 10.7 Å². The molecule has 1 aromatic rings. The Labute approximate surface area is 234 Å². The lowest BCUT2D eigenvalue weighted by molar-refractivity contribution is -0.188. The van der Waals surface area contributed by atoms with E-state index in [1.165, 1.54) is 13.0 Å². The maximum absolute atomic E-state index is 12.9. The number of anilines is 1. The Morgan fingerprint density at radius 3 is 2.15 bits per heavy atom. The first kappa shape index (κ1) is 31.9. The van der Waals surface area contributed by atoms with Crippen molar-refractivity contribution in [2.24, 2.45) is 0 Å². The van der Waals surface area contributed by atoms with E-state index in [1.807, 2.05) is 0 Å². The summed E-state index contributed by atoms with van der Waals surface area (Å²) < 4.78 is 26.2. The fourth-order valence-electron chi connectivity index (χ4n) is 3.78. The van der Waals surface area contributed by atoms with Gasteiger partial charge in [-0.15, -0.1) is 0 Å². The van der Waals surface area contributed by atoms with E-state index in [0.29, 0.717) is 0 Å². The molecule has 0 bridgehead atoms. The minimum absolute atomic E-state index is 0.247. The standard InChI is InChI=1S/C25H30ClN3O11/c1-12(30)27-21-18(29-25(35)28-17-9-7-6-8-16(17)26)10-19(24(34)36-5)40-23(21)22(39-15(4)33)20(38-14(3)32)11-37-13(2)31/h6-10,18,20-23H,11H2,1-5H3,(H,27,30)(H2,28,29,35)/t18-,20+,21+,22+,23+/m0/s1. The van der Waals surface area contributed by atoms with Gasteiger partial charge in [0.2, 0.25) is 11.7 Å². The summed E-state index contributed by atoms with van der Waals surface area (Å²) in [6, 6.07) is 3.23. The van der Waals surface area contributed by atoms with Crippen molar-refractivity contribution in [3.63, 3.8) is 0 Å². The van der Waals surface area contributed by atoms with E-state index in [9.17, 15) is 28.8 Å². The van der Waals surface area contributed by atoms with Crippen LogP contribution in [0.4, 0.5) is 10.5 Å². The van der Waals surface area contributed by atoms with Crippen LogP contribution in [-0.2, 0) is 47.7 Å². The molecule has 15 heteroatoms. The van der Waals surface area contributed by atoms with E-state index >= 15 is 0 Å². The molecule has 40 heavy (non-hydrogen) atoms. The van der Waals surface area contributed by atoms with Crippen LogP contribution in [0.25, 0.3) is 0 Å². The molecular formula is C25H30ClN3O11. The average molecular weight is 584 g/mol. The number of carbonyl (C=O) groups excluding carboxylic acids is 6. The first-order valence-electron chi connectivity index (χ1n) is 11.9. The highest BCUT2D eigenvalue weighted by atomic mass is 35.5. The highest BCUT2D eigenvalue weighted by Gasteiger charge is 2.48. The fraction of sp³-hybridized carbons (Fsp3) is 0.440. The number of hydrogen-bond acceptors (Lipinski definition) is 11. The summed E-state index contributed by atoms with van der Waals surface area (Å²) in [6.45, 7) is 3.85. The Morgan fingerprint density at radius 1 is 0.950 bits per heavy atom. The highest BCUT2D eigenvalue weighted by molar-refractivity contribution is 6.33. The maximum Gasteiger partial charge on any atom is 0.373 e.